The lowest BCUT2D eigenvalue weighted by atomic mass is 10.0. The van der Waals surface area contributed by atoms with Crippen molar-refractivity contribution in [1.29, 1.82) is 0 Å². The fraction of sp³-hybridized carbons (Fsp3) is 0.455. The summed E-state index contributed by atoms with van der Waals surface area (Å²) in [6, 6.07) is 3.33. The van der Waals surface area contributed by atoms with Gasteiger partial charge in [-0.3, -0.25) is 0 Å². The number of rotatable bonds is 3. The van der Waals surface area contributed by atoms with Crippen LogP contribution in [-0.2, 0) is 0 Å². The average Bonchev–Trinajstić information content (AvgIpc) is 2.11. The Kier molecular flexibility index (Phi) is 6.41. The van der Waals surface area contributed by atoms with E-state index < -0.39 is 0 Å². The highest BCUT2D eigenvalue weighted by molar-refractivity contribution is 9.10. The molecule has 0 aliphatic heterocycles. The van der Waals surface area contributed by atoms with Gasteiger partial charge < -0.3 is 5.73 Å². The first-order valence-electron chi connectivity index (χ1n) is 4.77. The number of benzene rings is 1. The second kappa shape index (κ2) is 6.46. The van der Waals surface area contributed by atoms with Gasteiger partial charge in [0.2, 0.25) is 0 Å². The zero-order valence-electron chi connectivity index (χ0n) is 8.89. The van der Waals surface area contributed by atoms with Gasteiger partial charge in [0.25, 0.3) is 0 Å². The minimum atomic E-state index is -0.198. The molecule has 0 aliphatic carbocycles. The van der Waals surface area contributed by atoms with Crippen molar-refractivity contribution in [3.63, 3.8) is 0 Å². The van der Waals surface area contributed by atoms with Gasteiger partial charge in [0.1, 0.15) is 5.82 Å². The monoisotopic (exact) mass is 295 g/mol. The molecule has 0 fully saturated rings. The number of aryl methyl sites for hydroxylation is 1. The summed E-state index contributed by atoms with van der Waals surface area (Å²) in [6.07, 6.45) is 1.78. The Morgan fingerprint density at radius 2 is 2.07 bits per heavy atom. The van der Waals surface area contributed by atoms with Crippen LogP contribution in [0.3, 0.4) is 0 Å². The lowest BCUT2D eigenvalue weighted by Crippen LogP contribution is -2.12. The summed E-state index contributed by atoms with van der Waals surface area (Å²) >= 11 is 3.34. The summed E-state index contributed by atoms with van der Waals surface area (Å²) < 4.78 is 14.5. The fourth-order valence-electron chi connectivity index (χ4n) is 1.49. The van der Waals surface area contributed by atoms with Crippen LogP contribution in [0.1, 0.15) is 36.9 Å². The average molecular weight is 297 g/mol. The molecule has 0 spiro atoms. The summed E-state index contributed by atoms with van der Waals surface area (Å²) in [7, 11) is 0. The van der Waals surface area contributed by atoms with Gasteiger partial charge in [0.15, 0.2) is 0 Å². The fourth-order valence-corrected chi connectivity index (χ4v) is 2.08. The predicted octanol–water partition coefficient (Wildman–Crippen LogP) is 4.12. The normalized spacial score (nSPS) is 12.1. The van der Waals surface area contributed by atoms with E-state index in [-0.39, 0.29) is 24.3 Å². The molecule has 0 amide bonds. The topological polar surface area (TPSA) is 26.0 Å². The van der Waals surface area contributed by atoms with Gasteiger partial charge in [-0.1, -0.05) is 29.3 Å². The molecule has 1 aromatic carbocycles. The molecular weight excluding hydrogens is 280 g/mol. The standard InChI is InChI=1S/C11H15BrFN.ClH/c1-3-4-10(14)9-6-8(12)5-7(2)11(9)13;/h5-6,10H,3-4,14H2,1-2H3;1H/t10-;/m1./s1. The van der Waals surface area contributed by atoms with Gasteiger partial charge in [0.05, 0.1) is 0 Å². The van der Waals surface area contributed by atoms with Crippen LogP contribution in [0.15, 0.2) is 16.6 Å². The number of halogens is 3. The summed E-state index contributed by atoms with van der Waals surface area (Å²) in [5.41, 5.74) is 7.13. The van der Waals surface area contributed by atoms with Gasteiger partial charge >= 0.3 is 0 Å². The molecule has 0 heterocycles. The third-order valence-electron chi connectivity index (χ3n) is 2.25. The van der Waals surface area contributed by atoms with Crippen LogP contribution in [-0.4, -0.2) is 0 Å². The first-order valence-corrected chi connectivity index (χ1v) is 5.56. The molecule has 1 aromatic rings. The molecule has 0 aliphatic rings. The molecule has 0 saturated carbocycles. The van der Waals surface area contributed by atoms with Crippen molar-refractivity contribution in [1.82, 2.24) is 0 Å². The van der Waals surface area contributed by atoms with Crippen molar-refractivity contribution >= 4 is 28.3 Å². The van der Waals surface area contributed by atoms with Crippen LogP contribution >= 0.6 is 28.3 Å². The summed E-state index contributed by atoms with van der Waals surface area (Å²) in [5, 5.41) is 0. The van der Waals surface area contributed by atoms with Crippen LogP contribution < -0.4 is 5.73 Å². The highest BCUT2D eigenvalue weighted by Gasteiger charge is 2.13. The minimum Gasteiger partial charge on any atom is -0.324 e. The Bertz CT molecular complexity index is 331. The zero-order valence-corrected chi connectivity index (χ0v) is 11.3. The molecule has 86 valence electrons. The second-order valence-electron chi connectivity index (χ2n) is 3.52. The van der Waals surface area contributed by atoms with Gasteiger partial charge in [-0.05, 0) is 31.0 Å². The van der Waals surface area contributed by atoms with Gasteiger partial charge in [-0.2, -0.15) is 0 Å². The van der Waals surface area contributed by atoms with Crippen LogP contribution in [0, 0.1) is 12.7 Å². The maximum atomic E-state index is 13.7. The largest absolute Gasteiger partial charge is 0.324 e. The third kappa shape index (κ3) is 3.74. The predicted molar refractivity (Wildman–Crippen MR) is 67.9 cm³/mol. The van der Waals surface area contributed by atoms with Crippen LogP contribution in [0.2, 0.25) is 0 Å². The van der Waals surface area contributed by atoms with Gasteiger partial charge in [-0.25, -0.2) is 4.39 Å². The zero-order chi connectivity index (χ0) is 10.7. The van der Waals surface area contributed by atoms with E-state index in [1.807, 2.05) is 6.92 Å². The maximum absolute atomic E-state index is 13.7. The Balaban J connectivity index is 0.00000196. The van der Waals surface area contributed by atoms with Crippen molar-refractivity contribution in [3.8, 4) is 0 Å². The van der Waals surface area contributed by atoms with E-state index in [0.29, 0.717) is 11.1 Å². The van der Waals surface area contributed by atoms with E-state index in [0.717, 1.165) is 17.3 Å². The van der Waals surface area contributed by atoms with Crippen molar-refractivity contribution in [2.24, 2.45) is 5.73 Å². The van der Waals surface area contributed by atoms with E-state index in [1.54, 1.807) is 19.1 Å². The smallest absolute Gasteiger partial charge is 0.130 e. The van der Waals surface area contributed by atoms with E-state index in [9.17, 15) is 4.39 Å². The highest BCUT2D eigenvalue weighted by atomic mass is 79.9. The Labute approximate surface area is 105 Å². The first kappa shape index (κ1) is 14.9. The minimum absolute atomic E-state index is 0. The maximum Gasteiger partial charge on any atom is 0.130 e. The summed E-state index contributed by atoms with van der Waals surface area (Å²) in [6.45, 7) is 3.80. The molecule has 1 rings (SSSR count). The number of hydrogen-bond donors (Lipinski definition) is 1. The van der Waals surface area contributed by atoms with E-state index in [1.165, 1.54) is 0 Å². The van der Waals surface area contributed by atoms with Crippen molar-refractivity contribution in [2.45, 2.75) is 32.7 Å². The lowest BCUT2D eigenvalue weighted by molar-refractivity contribution is 0.553. The Morgan fingerprint density at radius 3 is 2.60 bits per heavy atom. The summed E-state index contributed by atoms with van der Waals surface area (Å²) in [4.78, 5) is 0. The van der Waals surface area contributed by atoms with Crippen LogP contribution in [0.4, 0.5) is 4.39 Å². The lowest BCUT2D eigenvalue weighted by Gasteiger charge is -2.13. The molecular formula is C11H16BrClFN. The molecule has 1 nitrogen and oxygen atoms in total. The van der Waals surface area contributed by atoms with Gasteiger partial charge in [0, 0.05) is 16.1 Å². The van der Waals surface area contributed by atoms with E-state index >= 15 is 0 Å². The van der Waals surface area contributed by atoms with Crippen molar-refractivity contribution < 1.29 is 4.39 Å². The molecule has 0 bridgehead atoms. The Morgan fingerprint density at radius 1 is 1.47 bits per heavy atom. The summed E-state index contributed by atoms with van der Waals surface area (Å²) in [5.74, 6) is -0.172. The molecule has 0 radical (unpaired) electrons. The van der Waals surface area contributed by atoms with E-state index in [4.69, 9.17) is 5.73 Å². The first-order chi connectivity index (χ1) is 6.56. The highest BCUT2D eigenvalue weighted by Crippen LogP contribution is 2.25. The third-order valence-corrected chi connectivity index (χ3v) is 2.70. The van der Waals surface area contributed by atoms with Gasteiger partial charge in [-0.15, -0.1) is 12.4 Å². The Hall–Kier alpha value is -0.120. The van der Waals surface area contributed by atoms with Crippen LogP contribution in [0.5, 0.6) is 0 Å². The SMILES string of the molecule is CCC[C@@H](N)c1cc(Br)cc(C)c1F.Cl. The molecule has 4 heteroatoms. The van der Waals surface area contributed by atoms with E-state index in [2.05, 4.69) is 15.9 Å². The van der Waals surface area contributed by atoms with Crippen molar-refractivity contribution in [3.05, 3.63) is 33.5 Å². The molecule has 15 heavy (non-hydrogen) atoms. The number of hydrogen-bond acceptors (Lipinski definition) is 1. The molecule has 0 saturated heterocycles. The number of nitrogens with two attached hydrogens (primary N) is 1. The van der Waals surface area contributed by atoms with Crippen molar-refractivity contribution in [2.75, 3.05) is 0 Å². The molecule has 0 unspecified atom stereocenters. The molecule has 1 atom stereocenters. The molecule has 0 aromatic heterocycles. The van der Waals surface area contributed by atoms with Crippen LogP contribution in [0.25, 0.3) is 0 Å². The second-order valence-corrected chi connectivity index (χ2v) is 4.44. The molecule has 2 N–H and O–H groups in total. The quantitative estimate of drug-likeness (QED) is 0.892.